The first-order valence-corrected chi connectivity index (χ1v) is 6.07. The Bertz CT molecular complexity index is 717. The lowest BCUT2D eigenvalue weighted by atomic mass is 10.0. The van der Waals surface area contributed by atoms with Crippen LogP contribution in [0.15, 0.2) is 36.4 Å². The highest BCUT2D eigenvalue weighted by Gasteiger charge is 2.12. The van der Waals surface area contributed by atoms with E-state index in [4.69, 9.17) is 5.73 Å². The fourth-order valence-corrected chi connectivity index (χ4v) is 2.64. The van der Waals surface area contributed by atoms with Crippen LogP contribution in [-0.2, 0) is 0 Å². The predicted octanol–water partition coefficient (Wildman–Crippen LogP) is 3.82. The molecule has 3 rings (SSSR count). The molecule has 5 heteroatoms. The summed E-state index contributed by atoms with van der Waals surface area (Å²) in [6.45, 7) is 0. The van der Waals surface area contributed by atoms with Crippen molar-refractivity contribution in [1.82, 2.24) is 4.98 Å². The Labute approximate surface area is 106 Å². The third-order valence-corrected chi connectivity index (χ3v) is 3.50. The third-order valence-electron chi connectivity index (χ3n) is 2.66. The molecule has 0 bridgehead atoms. The van der Waals surface area contributed by atoms with Crippen molar-refractivity contribution in [1.29, 1.82) is 0 Å². The summed E-state index contributed by atoms with van der Waals surface area (Å²) in [7, 11) is 0. The zero-order chi connectivity index (χ0) is 12.7. The number of hydrogen-bond donors (Lipinski definition) is 1. The normalized spacial score (nSPS) is 11.0. The average molecular weight is 262 g/mol. The maximum absolute atomic E-state index is 13.7. The summed E-state index contributed by atoms with van der Waals surface area (Å²) >= 11 is 1.29. The Morgan fingerprint density at radius 2 is 1.78 bits per heavy atom. The van der Waals surface area contributed by atoms with E-state index in [0.29, 0.717) is 10.7 Å². The molecule has 0 aliphatic heterocycles. The molecule has 0 spiro atoms. The second-order valence-electron chi connectivity index (χ2n) is 3.83. The molecule has 0 atom stereocenters. The number of anilines is 1. The van der Waals surface area contributed by atoms with Crippen molar-refractivity contribution in [3.8, 4) is 11.1 Å². The van der Waals surface area contributed by atoms with Crippen molar-refractivity contribution in [2.24, 2.45) is 0 Å². The number of aromatic nitrogens is 1. The maximum atomic E-state index is 13.7. The summed E-state index contributed by atoms with van der Waals surface area (Å²) in [5.41, 5.74) is 6.80. The molecule has 3 aromatic rings. The molecule has 0 aliphatic carbocycles. The van der Waals surface area contributed by atoms with Gasteiger partial charge in [-0.05, 0) is 29.8 Å². The van der Waals surface area contributed by atoms with Crippen LogP contribution in [-0.4, -0.2) is 4.98 Å². The van der Waals surface area contributed by atoms with E-state index >= 15 is 0 Å². The van der Waals surface area contributed by atoms with Gasteiger partial charge in [0.05, 0.1) is 15.8 Å². The second-order valence-corrected chi connectivity index (χ2v) is 4.89. The first kappa shape index (κ1) is 11.1. The van der Waals surface area contributed by atoms with Crippen molar-refractivity contribution < 1.29 is 8.78 Å². The van der Waals surface area contributed by atoms with Crippen LogP contribution in [0, 0.1) is 11.6 Å². The van der Waals surface area contributed by atoms with E-state index in [1.807, 2.05) is 0 Å². The molecule has 2 nitrogen and oxygen atoms in total. The molecule has 2 aromatic carbocycles. The summed E-state index contributed by atoms with van der Waals surface area (Å²) in [6.07, 6.45) is 0. The quantitative estimate of drug-likeness (QED) is 0.724. The van der Waals surface area contributed by atoms with Crippen LogP contribution in [0.2, 0.25) is 0 Å². The highest BCUT2D eigenvalue weighted by atomic mass is 32.1. The fraction of sp³-hybridized carbons (Fsp3) is 0. The van der Waals surface area contributed by atoms with Gasteiger partial charge in [-0.3, -0.25) is 0 Å². The van der Waals surface area contributed by atoms with E-state index < -0.39 is 11.6 Å². The van der Waals surface area contributed by atoms with Crippen LogP contribution in [0.25, 0.3) is 21.3 Å². The van der Waals surface area contributed by atoms with Gasteiger partial charge in [0.15, 0.2) is 5.13 Å². The zero-order valence-corrected chi connectivity index (χ0v) is 9.97. The molecule has 0 radical (unpaired) electrons. The first-order valence-electron chi connectivity index (χ1n) is 5.25. The van der Waals surface area contributed by atoms with Crippen molar-refractivity contribution in [3.63, 3.8) is 0 Å². The van der Waals surface area contributed by atoms with Gasteiger partial charge >= 0.3 is 0 Å². The number of fused-ring (bicyclic) bond motifs is 1. The lowest BCUT2D eigenvalue weighted by Gasteiger charge is -2.04. The Hall–Kier alpha value is -2.01. The number of thiazole rings is 1. The number of hydrogen-bond acceptors (Lipinski definition) is 3. The minimum Gasteiger partial charge on any atom is -0.375 e. The van der Waals surface area contributed by atoms with Crippen molar-refractivity contribution in [3.05, 3.63) is 48.0 Å². The van der Waals surface area contributed by atoms with Crippen molar-refractivity contribution in [2.75, 3.05) is 5.73 Å². The van der Waals surface area contributed by atoms with Gasteiger partial charge in [-0.2, -0.15) is 0 Å². The third kappa shape index (κ3) is 1.73. The molecule has 0 amide bonds. The number of halogens is 2. The van der Waals surface area contributed by atoms with Gasteiger partial charge in [-0.15, -0.1) is 0 Å². The van der Waals surface area contributed by atoms with E-state index in [1.165, 1.54) is 29.5 Å². The lowest BCUT2D eigenvalue weighted by molar-refractivity contribution is 0.589. The molecule has 0 unspecified atom stereocenters. The average Bonchev–Trinajstić information content (AvgIpc) is 2.68. The molecule has 0 aliphatic rings. The summed E-state index contributed by atoms with van der Waals surface area (Å²) < 4.78 is 28.1. The van der Waals surface area contributed by atoms with E-state index in [2.05, 4.69) is 4.98 Å². The van der Waals surface area contributed by atoms with Crippen LogP contribution in [0.3, 0.4) is 0 Å². The zero-order valence-electron chi connectivity index (χ0n) is 9.15. The minimum atomic E-state index is -0.577. The Morgan fingerprint density at radius 3 is 2.50 bits per heavy atom. The maximum Gasteiger partial charge on any atom is 0.181 e. The van der Waals surface area contributed by atoms with Gasteiger partial charge in [-0.1, -0.05) is 23.5 Å². The minimum absolute atomic E-state index is 0.0219. The molecule has 2 N–H and O–H groups in total. The molecular weight excluding hydrogens is 254 g/mol. The van der Waals surface area contributed by atoms with Gasteiger partial charge < -0.3 is 5.73 Å². The fourth-order valence-electron chi connectivity index (χ4n) is 1.87. The van der Waals surface area contributed by atoms with Crippen LogP contribution < -0.4 is 5.73 Å². The molecule has 1 heterocycles. The molecular formula is C13H8F2N2S. The van der Waals surface area contributed by atoms with E-state index in [9.17, 15) is 8.78 Å². The van der Waals surface area contributed by atoms with Crippen molar-refractivity contribution >= 4 is 26.7 Å². The number of nitrogen functional groups attached to an aromatic ring is 1. The Kier molecular flexibility index (Phi) is 2.48. The SMILES string of the molecule is Nc1nc2ccc(-c3c(F)cccc3F)cc2s1. The van der Waals surface area contributed by atoms with Gasteiger partial charge in [0.25, 0.3) is 0 Å². The summed E-state index contributed by atoms with van der Waals surface area (Å²) in [5, 5.41) is 0.441. The number of benzene rings is 2. The van der Waals surface area contributed by atoms with Gasteiger partial charge in [0, 0.05) is 0 Å². The van der Waals surface area contributed by atoms with Crippen LogP contribution in [0.4, 0.5) is 13.9 Å². The van der Waals surface area contributed by atoms with E-state index in [1.54, 1.807) is 18.2 Å². The summed E-state index contributed by atoms with van der Waals surface area (Å²) in [4.78, 5) is 4.10. The standard InChI is InChI=1S/C13H8F2N2S/c14-8-2-1-3-9(15)12(8)7-4-5-10-11(6-7)18-13(16)17-10/h1-6H,(H2,16,17). The first-order chi connectivity index (χ1) is 8.65. The Morgan fingerprint density at radius 1 is 1.06 bits per heavy atom. The predicted molar refractivity (Wildman–Crippen MR) is 69.4 cm³/mol. The monoisotopic (exact) mass is 262 g/mol. The molecule has 1 aromatic heterocycles. The molecule has 18 heavy (non-hydrogen) atoms. The number of nitrogens with two attached hydrogens (primary N) is 1. The highest BCUT2D eigenvalue weighted by molar-refractivity contribution is 7.22. The van der Waals surface area contributed by atoms with Crippen LogP contribution in [0.5, 0.6) is 0 Å². The smallest absolute Gasteiger partial charge is 0.181 e. The van der Waals surface area contributed by atoms with Gasteiger partial charge in [0.2, 0.25) is 0 Å². The Balaban J connectivity index is 2.25. The van der Waals surface area contributed by atoms with Crippen LogP contribution >= 0.6 is 11.3 Å². The molecule has 0 fully saturated rings. The number of rotatable bonds is 1. The molecule has 90 valence electrons. The largest absolute Gasteiger partial charge is 0.375 e. The topological polar surface area (TPSA) is 38.9 Å². The van der Waals surface area contributed by atoms with E-state index in [-0.39, 0.29) is 5.56 Å². The summed E-state index contributed by atoms with van der Waals surface area (Å²) in [6, 6.07) is 8.88. The highest BCUT2D eigenvalue weighted by Crippen LogP contribution is 2.31. The second kappa shape index (κ2) is 4.03. The van der Waals surface area contributed by atoms with E-state index in [0.717, 1.165) is 10.2 Å². The molecule has 0 saturated heterocycles. The lowest BCUT2D eigenvalue weighted by Crippen LogP contribution is -1.89. The van der Waals surface area contributed by atoms with Gasteiger partial charge in [-0.25, -0.2) is 13.8 Å². The number of nitrogens with zero attached hydrogens (tertiary/aromatic N) is 1. The van der Waals surface area contributed by atoms with Gasteiger partial charge in [0.1, 0.15) is 11.6 Å². The molecule has 0 saturated carbocycles. The summed E-state index contributed by atoms with van der Waals surface area (Å²) in [5.74, 6) is -1.15. The van der Waals surface area contributed by atoms with Crippen molar-refractivity contribution in [2.45, 2.75) is 0 Å². The van der Waals surface area contributed by atoms with Crippen LogP contribution in [0.1, 0.15) is 0 Å².